The van der Waals surface area contributed by atoms with Gasteiger partial charge >= 0.3 is 6.18 Å². The van der Waals surface area contributed by atoms with Gasteiger partial charge in [-0.3, -0.25) is 4.99 Å². The molecule has 0 aliphatic carbocycles. The first-order valence-electron chi connectivity index (χ1n) is 8.74. The summed E-state index contributed by atoms with van der Waals surface area (Å²) < 4.78 is 40.1. The quantitative estimate of drug-likeness (QED) is 0.614. The Morgan fingerprint density at radius 1 is 1.04 bits per heavy atom. The fraction of sp³-hybridized carbons (Fsp3) is 0.250. The van der Waals surface area contributed by atoms with E-state index in [-0.39, 0.29) is 6.54 Å². The van der Waals surface area contributed by atoms with Gasteiger partial charge in [-0.2, -0.15) is 18.3 Å². The summed E-state index contributed by atoms with van der Waals surface area (Å²) >= 11 is 3.40. The molecule has 0 bridgehead atoms. The highest BCUT2D eigenvalue weighted by atomic mass is 79.9. The summed E-state index contributed by atoms with van der Waals surface area (Å²) in [5, 5.41) is 9.29. The van der Waals surface area contributed by atoms with Gasteiger partial charge in [0.2, 0.25) is 0 Å². The minimum atomic E-state index is -4.43. The molecule has 0 radical (unpaired) electrons. The van der Waals surface area contributed by atoms with Gasteiger partial charge in [-0.15, -0.1) is 5.10 Å². The third-order valence-electron chi connectivity index (χ3n) is 4.64. The van der Waals surface area contributed by atoms with Crippen molar-refractivity contribution in [1.82, 2.24) is 0 Å². The second-order valence-corrected chi connectivity index (χ2v) is 7.26. The van der Waals surface area contributed by atoms with Crippen molar-refractivity contribution < 1.29 is 13.2 Å². The number of benzene rings is 2. The Morgan fingerprint density at radius 2 is 1.82 bits per heavy atom. The molecule has 0 fully saturated rings. The Hall–Kier alpha value is -2.48. The van der Waals surface area contributed by atoms with Gasteiger partial charge in [0.05, 0.1) is 35.8 Å². The van der Waals surface area contributed by atoms with Crippen molar-refractivity contribution in [2.24, 2.45) is 15.2 Å². The summed E-state index contributed by atoms with van der Waals surface area (Å²) in [6.07, 6.45) is -3.71. The number of hydrogen-bond donors (Lipinski definition) is 0. The number of anilines is 1. The van der Waals surface area contributed by atoms with Crippen LogP contribution in [-0.4, -0.2) is 35.7 Å². The number of amidine groups is 1. The highest BCUT2D eigenvalue weighted by Crippen LogP contribution is 2.35. The monoisotopic (exact) mass is 448 g/mol. The first-order chi connectivity index (χ1) is 13.5. The number of nitrogens with zero attached hydrogens (tertiary/aromatic N) is 4. The molecule has 2 aliphatic rings. The first-order valence-corrected chi connectivity index (χ1v) is 9.87. The Kier molecular flexibility index (Phi) is 5.05. The van der Waals surface area contributed by atoms with Gasteiger partial charge < -0.3 is 4.90 Å². The number of halogens is 4. The highest BCUT2D eigenvalue weighted by Gasteiger charge is 2.34. The van der Waals surface area contributed by atoms with E-state index in [1.54, 1.807) is 0 Å². The molecule has 0 amide bonds. The molecule has 28 heavy (non-hydrogen) atoms. The predicted octanol–water partition coefficient (Wildman–Crippen LogP) is 4.92. The minimum Gasteiger partial charge on any atom is -0.320 e. The summed E-state index contributed by atoms with van der Waals surface area (Å²) in [6.45, 7) is 0.742. The molecular formula is C20H16BrF3N4. The van der Waals surface area contributed by atoms with Crippen LogP contribution in [0.2, 0.25) is 0 Å². The molecule has 0 aromatic heterocycles. The third kappa shape index (κ3) is 3.61. The summed E-state index contributed by atoms with van der Waals surface area (Å²) in [7, 11) is 0. The highest BCUT2D eigenvalue weighted by molar-refractivity contribution is 9.09. The fourth-order valence-corrected chi connectivity index (χ4v) is 3.74. The molecule has 4 nitrogen and oxygen atoms in total. The first kappa shape index (κ1) is 18.9. The van der Waals surface area contributed by atoms with Gasteiger partial charge in [-0.1, -0.05) is 46.3 Å². The lowest BCUT2D eigenvalue weighted by Gasteiger charge is -2.28. The molecule has 0 spiro atoms. The molecular weight excluding hydrogens is 433 g/mol. The van der Waals surface area contributed by atoms with Crippen LogP contribution < -0.4 is 4.90 Å². The van der Waals surface area contributed by atoms with Gasteiger partial charge in [0.25, 0.3) is 0 Å². The lowest BCUT2D eigenvalue weighted by Crippen LogP contribution is -2.39. The van der Waals surface area contributed by atoms with Crippen LogP contribution in [0.25, 0.3) is 0 Å². The van der Waals surface area contributed by atoms with Crippen LogP contribution in [-0.2, 0) is 6.18 Å². The van der Waals surface area contributed by atoms with Gasteiger partial charge in [0.1, 0.15) is 0 Å². The van der Waals surface area contributed by atoms with Gasteiger partial charge in [-0.25, -0.2) is 0 Å². The normalized spacial score (nSPS) is 16.4. The minimum absolute atomic E-state index is 0.255. The molecule has 2 aromatic rings. The zero-order valence-corrected chi connectivity index (χ0v) is 16.3. The number of fused-ring (bicyclic) bond motifs is 3. The number of rotatable bonds is 3. The largest absolute Gasteiger partial charge is 0.416 e. The Balaban J connectivity index is 1.88. The summed E-state index contributed by atoms with van der Waals surface area (Å²) in [4.78, 5) is 6.53. The van der Waals surface area contributed by atoms with Crippen LogP contribution >= 0.6 is 15.9 Å². The molecule has 2 aliphatic heterocycles. The van der Waals surface area contributed by atoms with Crippen molar-refractivity contribution in [2.75, 3.05) is 23.3 Å². The van der Waals surface area contributed by atoms with Crippen LogP contribution in [0.3, 0.4) is 0 Å². The molecule has 0 saturated heterocycles. The third-order valence-corrected chi connectivity index (χ3v) is 5.03. The molecule has 8 heteroatoms. The van der Waals surface area contributed by atoms with E-state index in [9.17, 15) is 13.2 Å². The maximum Gasteiger partial charge on any atom is 0.416 e. The van der Waals surface area contributed by atoms with Crippen LogP contribution in [0.1, 0.15) is 23.1 Å². The number of aliphatic imine (C=N–C) groups is 1. The van der Waals surface area contributed by atoms with Crippen LogP contribution in [0.15, 0.2) is 63.7 Å². The Bertz CT molecular complexity index is 981. The molecule has 144 valence electrons. The molecule has 2 aromatic carbocycles. The van der Waals surface area contributed by atoms with E-state index in [4.69, 9.17) is 0 Å². The molecule has 2 heterocycles. The Labute approximate surface area is 168 Å². The van der Waals surface area contributed by atoms with E-state index >= 15 is 0 Å². The molecule has 0 saturated carbocycles. The average Bonchev–Trinajstić information content (AvgIpc) is 2.85. The van der Waals surface area contributed by atoms with Crippen molar-refractivity contribution in [3.05, 3.63) is 65.2 Å². The Morgan fingerprint density at radius 3 is 2.54 bits per heavy atom. The smallest absolute Gasteiger partial charge is 0.320 e. The van der Waals surface area contributed by atoms with Crippen LogP contribution in [0.5, 0.6) is 0 Å². The van der Waals surface area contributed by atoms with E-state index in [1.165, 1.54) is 12.1 Å². The van der Waals surface area contributed by atoms with Gasteiger partial charge in [0.15, 0.2) is 5.84 Å². The lowest BCUT2D eigenvalue weighted by molar-refractivity contribution is -0.137. The van der Waals surface area contributed by atoms with Crippen molar-refractivity contribution in [2.45, 2.75) is 12.6 Å². The summed E-state index contributed by atoms with van der Waals surface area (Å²) in [6, 6.07) is 13.1. The van der Waals surface area contributed by atoms with Gasteiger partial charge in [0, 0.05) is 16.5 Å². The average molecular weight is 449 g/mol. The maximum atomic E-state index is 13.4. The topological polar surface area (TPSA) is 40.3 Å². The second kappa shape index (κ2) is 7.50. The fourth-order valence-electron chi connectivity index (χ4n) is 3.28. The van der Waals surface area contributed by atoms with E-state index < -0.39 is 11.7 Å². The van der Waals surface area contributed by atoms with Gasteiger partial charge in [-0.05, 0) is 24.6 Å². The van der Waals surface area contributed by atoms with Crippen molar-refractivity contribution in [1.29, 1.82) is 0 Å². The second-order valence-electron chi connectivity index (χ2n) is 6.47. The van der Waals surface area contributed by atoms with E-state index in [2.05, 4.69) is 31.1 Å². The standard InChI is InChI=1S/C20H16BrF3N4/c21-9-8-15-12-28-17-7-6-14(20(22,23)24)10-16(17)19(13-4-2-1-3-5-13)25-11-18(28)27-26-15/h1-7,10H,8-9,11-12H2. The van der Waals surface area contributed by atoms with E-state index in [0.717, 1.165) is 29.1 Å². The SMILES string of the molecule is FC(F)(F)c1ccc2c(c1)C(c1ccccc1)=NCC1=NN=C(CCBr)CN12. The molecule has 4 rings (SSSR count). The van der Waals surface area contributed by atoms with Crippen molar-refractivity contribution >= 4 is 38.9 Å². The summed E-state index contributed by atoms with van der Waals surface area (Å²) in [5.41, 5.74) is 2.59. The zero-order valence-electron chi connectivity index (χ0n) is 14.7. The molecule has 0 atom stereocenters. The predicted molar refractivity (Wildman–Crippen MR) is 109 cm³/mol. The van der Waals surface area contributed by atoms with E-state index in [0.29, 0.717) is 29.3 Å². The van der Waals surface area contributed by atoms with Crippen molar-refractivity contribution in [3.8, 4) is 0 Å². The lowest BCUT2D eigenvalue weighted by atomic mass is 9.97. The van der Waals surface area contributed by atoms with Crippen LogP contribution in [0, 0.1) is 0 Å². The van der Waals surface area contributed by atoms with Crippen LogP contribution in [0.4, 0.5) is 18.9 Å². The van der Waals surface area contributed by atoms with E-state index in [1.807, 2.05) is 35.2 Å². The molecule has 0 N–H and O–H groups in total. The maximum absolute atomic E-state index is 13.4. The summed E-state index contributed by atoms with van der Waals surface area (Å²) in [5.74, 6) is 0.630. The number of hydrogen-bond acceptors (Lipinski definition) is 4. The molecule has 0 unspecified atom stereocenters. The zero-order chi connectivity index (χ0) is 19.7. The number of alkyl halides is 4. The van der Waals surface area contributed by atoms with Crippen molar-refractivity contribution in [3.63, 3.8) is 0 Å².